The number of carbonyl (C=O) groups is 1. The van der Waals surface area contributed by atoms with E-state index in [0.717, 1.165) is 38.1 Å². The number of rotatable bonds is 5. The van der Waals surface area contributed by atoms with Crippen LogP contribution in [-0.2, 0) is 6.42 Å². The number of aromatic amines is 1. The normalized spacial score (nSPS) is 15.1. The molecule has 4 rings (SSSR count). The number of nitrogens with one attached hydrogen (secondary N) is 2. The van der Waals surface area contributed by atoms with Crippen LogP contribution in [0, 0.1) is 6.92 Å². The van der Waals surface area contributed by atoms with Gasteiger partial charge in [0.2, 0.25) is 5.95 Å². The van der Waals surface area contributed by atoms with E-state index >= 15 is 0 Å². The van der Waals surface area contributed by atoms with Gasteiger partial charge in [0, 0.05) is 56.0 Å². The average molecular weight is 378 g/mol. The van der Waals surface area contributed by atoms with Crippen molar-refractivity contribution in [3.8, 4) is 0 Å². The summed E-state index contributed by atoms with van der Waals surface area (Å²) in [4.78, 5) is 29.3. The molecule has 0 aliphatic carbocycles. The van der Waals surface area contributed by atoms with E-state index in [4.69, 9.17) is 0 Å². The monoisotopic (exact) mass is 378 g/mol. The third kappa shape index (κ3) is 3.84. The number of carbonyl (C=O) groups excluding carboxylic acids is 1. The number of fused-ring (bicyclic) bond motifs is 1. The Bertz CT molecular complexity index is 974. The summed E-state index contributed by atoms with van der Waals surface area (Å²) in [6.07, 6.45) is 4.43. The Morgan fingerprint density at radius 1 is 1.21 bits per heavy atom. The Kier molecular flexibility index (Phi) is 5.25. The van der Waals surface area contributed by atoms with Gasteiger partial charge in [0.1, 0.15) is 0 Å². The van der Waals surface area contributed by atoms with Crippen molar-refractivity contribution in [2.24, 2.45) is 0 Å². The van der Waals surface area contributed by atoms with Gasteiger partial charge >= 0.3 is 0 Å². The molecule has 1 fully saturated rings. The van der Waals surface area contributed by atoms with E-state index in [0.29, 0.717) is 23.8 Å². The second-order valence-electron chi connectivity index (χ2n) is 7.32. The Labute approximate surface area is 164 Å². The average Bonchev–Trinajstić information content (AvgIpc) is 3.11. The first kappa shape index (κ1) is 18.4. The summed E-state index contributed by atoms with van der Waals surface area (Å²) >= 11 is 0. The van der Waals surface area contributed by atoms with Gasteiger partial charge in [0.25, 0.3) is 5.91 Å². The zero-order valence-corrected chi connectivity index (χ0v) is 16.4. The minimum Gasteiger partial charge on any atom is -0.361 e. The summed E-state index contributed by atoms with van der Waals surface area (Å²) < 4.78 is 0. The van der Waals surface area contributed by atoms with Gasteiger partial charge in [0.05, 0.1) is 11.3 Å². The number of para-hydroxylation sites is 1. The Balaban J connectivity index is 1.36. The summed E-state index contributed by atoms with van der Waals surface area (Å²) in [6.45, 7) is 6.26. The van der Waals surface area contributed by atoms with Gasteiger partial charge < -0.3 is 20.1 Å². The number of H-pyrrole nitrogens is 1. The zero-order chi connectivity index (χ0) is 19.5. The van der Waals surface area contributed by atoms with E-state index in [1.807, 2.05) is 25.3 Å². The van der Waals surface area contributed by atoms with E-state index in [1.165, 1.54) is 10.9 Å². The predicted octanol–water partition coefficient (Wildman–Crippen LogP) is 1.99. The van der Waals surface area contributed by atoms with Crippen LogP contribution in [-0.4, -0.2) is 65.5 Å². The summed E-state index contributed by atoms with van der Waals surface area (Å²) in [7, 11) is 2.12. The molecule has 2 N–H and O–H groups in total. The highest BCUT2D eigenvalue weighted by Gasteiger charge is 2.18. The molecule has 0 atom stereocenters. The summed E-state index contributed by atoms with van der Waals surface area (Å²) in [5, 5.41) is 4.20. The number of hydrogen-bond donors (Lipinski definition) is 2. The predicted molar refractivity (Wildman–Crippen MR) is 111 cm³/mol. The Morgan fingerprint density at radius 2 is 2.00 bits per heavy atom. The molecule has 3 aromatic rings. The van der Waals surface area contributed by atoms with E-state index < -0.39 is 0 Å². The highest BCUT2D eigenvalue weighted by Crippen LogP contribution is 2.18. The lowest BCUT2D eigenvalue weighted by Gasteiger charge is -2.32. The molecule has 7 heteroatoms. The number of likely N-dealkylation sites (N-methyl/N-ethyl adjacent to an activating group) is 1. The van der Waals surface area contributed by atoms with Crippen LogP contribution in [0.5, 0.6) is 0 Å². The summed E-state index contributed by atoms with van der Waals surface area (Å²) in [5.74, 6) is 0.586. The van der Waals surface area contributed by atoms with Crippen molar-refractivity contribution < 1.29 is 4.79 Å². The lowest BCUT2D eigenvalue weighted by molar-refractivity contribution is 0.0952. The first-order valence-electron chi connectivity index (χ1n) is 9.72. The van der Waals surface area contributed by atoms with Gasteiger partial charge in [0.15, 0.2) is 0 Å². The molecule has 146 valence electrons. The maximum absolute atomic E-state index is 12.6. The molecule has 0 bridgehead atoms. The maximum atomic E-state index is 12.6. The zero-order valence-electron chi connectivity index (χ0n) is 16.4. The maximum Gasteiger partial charge on any atom is 0.254 e. The molecule has 1 amide bonds. The van der Waals surface area contributed by atoms with Gasteiger partial charge in [-0.1, -0.05) is 18.2 Å². The van der Waals surface area contributed by atoms with E-state index in [-0.39, 0.29) is 5.91 Å². The number of aryl methyl sites for hydroxylation is 1. The van der Waals surface area contributed by atoms with Crippen molar-refractivity contribution in [1.82, 2.24) is 25.2 Å². The van der Waals surface area contributed by atoms with Crippen LogP contribution in [0.15, 0.2) is 36.7 Å². The number of nitrogens with zero attached hydrogens (tertiary/aromatic N) is 4. The van der Waals surface area contributed by atoms with Gasteiger partial charge in [-0.25, -0.2) is 9.97 Å². The van der Waals surface area contributed by atoms with E-state index in [9.17, 15) is 4.79 Å². The molecule has 1 aliphatic heterocycles. The first-order valence-corrected chi connectivity index (χ1v) is 9.72. The topological polar surface area (TPSA) is 77.2 Å². The molecule has 1 aromatic carbocycles. The first-order chi connectivity index (χ1) is 13.6. The Morgan fingerprint density at radius 3 is 2.79 bits per heavy atom. The smallest absolute Gasteiger partial charge is 0.254 e. The third-order valence-electron chi connectivity index (χ3n) is 5.35. The molecule has 28 heavy (non-hydrogen) atoms. The van der Waals surface area contributed by atoms with Gasteiger partial charge in [-0.05, 0) is 32.0 Å². The molecule has 3 heterocycles. The van der Waals surface area contributed by atoms with Crippen molar-refractivity contribution in [3.63, 3.8) is 0 Å². The SMILES string of the molecule is Cc1nc(N2CCN(C)CC2)ncc1C(=O)NCCc1c[nH]c2ccccc12. The summed E-state index contributed by atoms with van der Waals surface area (Å²) in [6, 6.07) is 8.19. The van der Waals surface area contributed by atoms with Crippen molar-refractivity contribution in [3.05, 3.63) is 53.5 Å². The molecule has 0 radical (unpaired) electrons. The number of hydrogen-bond acceptors (Lipinski definition) is 5. The van der Waals surface area contributed by atoms with Gasteiger partial charge in [-0.15, -0.1) is 0 Å². The summed E-state index contributed by atoms with van der Waals surface area (Å²) in [5.41, 5.74) is 3.58. The fourth-order valence-electron chi connectivity index (χ4n) is 3.58. The van der Waals surface area contributed by atoms with Crippen LogP contribution >= 0.6 is 0 Å². The molecular formula is C21H26N6O. The van der Waals surface area contributed by atoms with Crippen LogP contribution in [0.3, 0.4) is 0 Å². The molecule has 1 saturated heterocycles. The molecular weight excluding hydrogens is 352 g/mol. The number of piperazine rings is 1. The fraction of sp³-hybridized carbons (Fsp3) is 0.381. The number of amides is 1. The van der Waals surface area contributed by atoms with Crippen molar-refractivity contribution in [2.45, 2.75) is 13.3 Å². The quantitative estimate of drug-likeness (QED) is 0.710. The molecule has 7 nitrogen and oxygen atoms in total. The van der Waals surface area contributed by atoms with Crippen LogP contribution in [0.1, 0.15) is 21.6 Å². The molecule has 0 saturated carbocycles. The molecule has 0 unspecified atom stereocenters. The molecule has 1 aliphatic rings. The highest BCUT2D eigenvalue weighted by molar-refractivity contribution is 5.95. The standard InChI is InChI=1S/C21H26N6O/c1-15-18(14-24-21(25-15)27-11-9-26(2)10-12-27)20(28)22-8-7-16-13-23-19-6-4-3-5-17(16)19/h3-6,13-14,23H,7-12H2,1-2H3,(H,22,28). The minimum absolute atomic E-state index is 0.123. The van der Waals surface area contributed by atoms with Crippen LogP contribution < -0.4 is 10.2 Å². The minimum atomic E-state index is -0.123. The van der Waals surface area contributed by atoms with Gasteiger partial charge in [-0.2, -0.15) is 0 Å². The van der Waals surface area contributed by atoms with Crippen molar-refractivity contribution in [1.29, 1.82) is 0 Å². The van der Waals surface area contributed by atoms with E-state index in [2.05, 4.69) is 49.2 Å². The van der Waals surface area contributed by atoms with Crippen LogP contribution in [0.4, 0.5) is 5.95 Å². The molecule has 2 aromatic heterocycles. The second kappa shape index (κ2) is 7.98. The van der Waals surface area contributed by atoms with E-state index in [1.54, 1.807) is 6.20 Å². The second-order valence-corrected chi connectivity index (χ2v) is 7.32. The Hall–Kier alpha value is -2.93. The number of benzene rings is 1. The fourth-order valence-corrected chi connectivity index (χ4v) is 3.58. The number of anilines is 1. The third-order valence-corrected chi connectivity index (χ3v) is 5.35. The lowest BCUT2D eigenvalue weighted by Crippen LogP contribution is -2.45. The molecule has 0 spiro atoms. The highest BCUT2D eigenvalue weighted by atomic mass is 16.1. The number of aromatic nitrogens is 3. The van der Waals surface area contributed by atoms with Crippen molar-refractivity contribution >= 4 is 22.8 Å². The largest absolute Gasteiger partial charge is 0.361 e. The van der Waals surface area contributed by atoms with Gasteiger partial charge in [-0.3, -0.25) is 4.79 Å². The van der Waals surface area contributed by atoms with Crippen LogP contribution in [0.2, 0.25) is 0 Å². The van der Waals surface area contributed by atoms with Crippen molar-refractivity contribution in [2.75, 3.05) is 44.7 Å². The lowest BCUT2D eigenvalue weighted by atomic mass is 10.1. The van der Waals surface area contributed by atoms with Crippen LogP contribution in [0.25, 0.3) is 10.9 Å².